The summed E-state index contributed by atoms with van der Waals surface area (Å²) in [5.41, 5.74) is 2.58. The van der Waals surface area contributed by atoms with E-state index >= 15 is 0 Å². The third-order valence-corrected chi connectivity index (χ3v) is 4.63. The van der Waals surface area contributed by atoms with E-state index in [0.717, 1.165) is 16.7 Å². The van der Waals surface area contributed by atoms with E-state index in [1.165, 1.54) is 18.3 Å². The van der Waals surface area contributed by atoms with Gasteiger partial charge in [0.05, 0.1) is 6.54 Å². The van der Waals surface area contributed by atoms with Crippen molar-refractivity contribution in [1.82, 2.24) is 9.55 Å². The molecule has 0 spiro atoms. The number of fused-ring (bicyclic) bond motifs is 1. The van der Waals surface area contributed by atoms with Crippen molar-refractivity contribution in [3.05, 3.63) is 70.4 Å². The number of halogens is 2. The molecule has 3 aromatic rings. The molecule has 1 aliphatic rings. The quantitative estimate of drug-likeness (QED) is 0.328. The first-order valence-electron chi connectivity index (χ1n) is 9.58. The molecule has 164 valence electrons. The lowest BCUT2D eigenvalue weighted by atomic mass is 10.0. The molecule has 0 fully saturated rings. The number of rotatable bonds is 6. The highest BCUT2D eigenvalue weighted by Crippen LogP contribution is 2.24. The highest BCUT2D eigenvalue weighted by atomic mass is 19.3. The number of ether oxygens (including phenoxy) is 3. The van der Waals surface area contributed by atoms with Crippen LogP contribution in [0.3, 0.4) is 0 Å². The molecule has 1 aliphatic heterocycles. The zero-order chi connectivity index (χ0) is 22.5. The van der Waals surface area contributed by atoms with Crippen molar-refractivity contribution in [3.63, 3.8) is 0 Å². The molecule has 1 aromatic heterocycles. The highest BCUT2D eigenvalue weighted by molar-refractivity contribution is 5.65. The molecule has 0 aliphatic carbocycles. The van der Waals surface area contributed by atoms with Crippen molar-refractivity contribution in [3.8, 4) is 34.7 Å². The molecule has 0 amide bonds. The number of benzene rings is 2. The van der Waals surface area contributed by atoms with Crippen LogP contribution in [0.4, 0.5) is 14.6 Å². The number of nitro groups is 1. The molecule has 0 radical (unpaired) electrons. The number of imidazole rings is 1. The van der Waals surface area contributed by atoms with Gasteiger partial charge in [-0.1, -0.05) is 36.1 Å². The second kappa shape index (κ2) is 9.45. The number of nitrogens with zero attached hydrogens (tertiary/aromatic N) is 3. The molecular weight excluding hydrogens is 424 g/mol. The Morgan fingerprint density at radius 2 is 1.88 bits per heavy atom. The second-order valence-corrected chi connectivity index (χ2v) is 6.82. The first-order chi connectivity index (χ1) is 15.5. The summed E-state index contributed by atoms with van der Waals surface area (Å²) in [5.74, 6) is 5.78. The van der Waals surface area contributed by atoms with Gasteiger partial charge >= 0.3 is 18.4 Å². The van der Waals surface area contributed by atoms with Gasteiger partial charge < -0.3 is 24.3 Å². The van der Waals surface area contributed by atoms with Gasteiger partial charge in [0.15, 0.2) is 0 Å². The third-order valence-electron chi connectivity index (χ3n) is 4.63. The van der Waals surface area contributed by atoms with Gasteiger partial charge in [-0.2, -0.15) is 8.78 Å². The maximum absolute atomic E-state index is 12.2. The van der Waals surface area contributed by atoms with Crippen LogP contribution in [-0.2, 0) is 11.3 Å². The lowest BCUT2D eigenvalue weighted by molar-refractivity contribution is -0.389. The van der Waals surface area contributed by atoms with Crippen molar-refractivity contribution >= 4 is 5.82 Å². The van der Waals surface area contributed by atoms with Crippen molar-refractivity contribution < 1.29 is 27.9 Å². The highest BCUT2D eigenvalue weighted by Gasteiger charge is 2.28. The Morgan fingerprint density at radius 3 is 2.53 bits per heavy atom. The van der Waals surface area contributed by atoms with Crippen molar-refractivity contribution in [2.75, 3.05) is 13.2 Å². The summed E-state index contributed by atoms with van der Waals surface area (Å²) in [5, 5.41) is 10.8. The summed E-state index contributed by atoms with van der Waals surface area (Å²) in [6, 6.07) is 14.1. The van der Waals surface area contributed by atoms with E-state index in [4.69, 9.17) is 9.47 Å². The van der Waals surface area contributed by atoms with Crippen LogP contribution in [0.2, 0.25) is 0 Å². The van der Waals surface area contributed by atoms with Crippen LogP contribution in [0.25, 0.3) is 11.1 Å². The van der Waals surface area contributed by atoms with Gasteiger partial charge in [-0.25, -0.2) is 0 Å². The van der Waals surface area contributed by atoms with E-state index in [1.807, 2.05) is 24.3 Å². The molecular formula is C22H17F2N3O5. The minimum absolute atomic E-state index is 0.108. The average molecular weight is 441 g/mol. The summed E-state index contributed by atoms with van der Waals surface area (Å²) in [4.78, 5) is 14.0. The molecule has 0 saturated carbocycles. The molecule has 0 N–H and O–H groups in total. The summed E-state index contributed by atoms with van der Waals surface area (Å²) in [6.07, 6.45) is 1.03. The molecule has 10 heteroatoms. The van der Waals surface area contributed by atoms with E-state index < -0.39 is 11.5 Å². The lowest BCUT2D eigenvalue weighted by Gasteiger charge is -2.21. The van der Waals surface area contributed by atoms with Crippen LogP contribution < -0.4 is 9.47 Å². The molecule has 0 saturated heterocycles. The number of hydrogen-bond donors (Lipinski definition) is 0. The van der Waals surface area contributed by atoms with E-state index in [1.54, 1.807) is 16.7 Å². The SMILES string of the molecule is O=[N+]([O-])c1cn2c(n1)OC[C@@H](OCC#Cc1ccc(-c3ccc(OC(F)F)cc3)cc1)C2. The fourth-order valence-electron chi connectivity index (χ4n) is 3.13. The van der Waals surface area contributed by atoms with E-state index in [9.17, 15) is 18.9 Å². The van der Waals surface area contributed by atoms with Gasteiger partial charge in [0.2, 0.25) is 0 Å². The normalized spacial score (nSPS) is 14.8. The molecule has 2 aromatic carbocycles. The summed E-state index contributed by atoms with van der Waals surface area (Å²) >= 11 is 0. The smallest absolute Gasteiger partial charge is 0.414 e. The molecule has 8 nitrogen and oxygen atoms in total. The minimum Gasteiger partial charge on any atom is -0.443 e. The lowest BCUT2D eigenvalue weighted by Crippen LogP contribution is -2.32. The third kappa shape index (κ3) is 5.19. The Balaban J connectivity index is 1.29. The zero-order valence-electron chi connectivity index (χ0n) is 16.6. The topological polar surface area (TPSA) is 88.7 Å². The fraction of sp³-hybridized carbons (Fsp3) is 0.227. The predicted octanol–water partition coefficient (Wildman–Crippen LogP) is 3.89. The van der Waals surface area contributed by atoms with Crippen molar-refractivity contribution in [1.29, 1.82) is 0 Å². The van der Waals surface area contributed by atoms with Gasteiger partial charge in [-0.3, -0.25) is 4.57 Å². The number of aromatic nitrogens is 2. The van der Waals surface area contributed by atoms with Gasteiger partial charge in [0, 0.05) is 10.5 Å². The Hall–Kier alpha value is -3.97. The maximum atomic E-state index is 12.2. The number of hydrogen-bond acceptors (Lipinski definition) is 6. The molecule has 4 rings (SSSR count). The average Bonchev–Trinajstić information content (AvgIpc) is 3.21. The Morgan fingerprint density at radius 1 is 1.19 bits per heavy atom. The van der Waals surface area contributed by atoms with Crippen LogP contribution in [0.1, 0.15) is 5.56 Å². The molecule has 1 atom stereocenters. The number of alkyl halides is 2. The summed E-state index contributed by atoms with van der Waals surface area (Å²) in [6.45, 7) is -2.04. The summed E-state index contributed by atoms with van der Waals surface area (Å²) in [7, 11) is 0. The van der Waals surface area contributed by atoms with Gasteiger partial charge in [-0.05, 0) is 40.3 Å². The van der Waals surface area contributed by atoms with Gasteiger partial charge in [0.25, 0.3) is 0 Å². The predicted molar refractivity (Wildman–Crippen MR) is 110 cm³/mol. The van der Waals surface area contributed by atoms with Crippen LogP contribution >= 0.6 is 0 Å². The largest absolute Gasteiger partial charge is 0.443 e. The summed E-state index contributed by atoms with van der Waals surface area (Å²) < 4.78 is 41.4. The minimum atomic E-state index is -2.85. The van der Waals surface area contributed by atoms with Crippen LogP contribution in [-0.4, -0.2) is 40.4 Å². The monoisotopic (exact) mass is 441 g/mol. The molecule has 2 heterocycles. The Kier molecular flexibility index (Phi) is 6.28. The molecule has 0 bridgehead atoms. The fourth-order valence-corrected chi connectivity index (χ4v) is 3.13. The second-order valence-electron chi connectivity index (χ2n) is 6.82. The van der Waals surface area contributed by atoms with Gasteiger partial charge in [-0.15, -0.1) is 0 Å². The molecule has 32 heavy (non-hydrogen) atoms. The standard InChI is InChI=1S/C22H17F2N3O5/c23-21(24)32-18-9-7-17(8-10-18)16-5-3-15(4-6-16)2-1-11-30-19-12-26-13-20(27(28)29)25-22(26)31-14-19/h3-10,13,19,21H,11-12,14H2/t19-/m0/s1. The first-order valence-corrected chi connectivity index (χ1v) is 9.58. The first kappa shape index (κ1) is 21.3. The van der Waals surface area contributed by atoms with Crippen LogP contribution in [0.15, 0.2) is 54.7 Å². The van der Waals surface area contributed by atoms with Crippen molar-refractivity contribution in [2.45, 2.75) is 19.3 Å². The Bertz CT molecular complexity index is 1150. The maximum Gasteiger partial charge on any atom is 0.414 e. The van der Waals surface area contributed by atoms with Crippen molar-refractivity contribution in [2.24, 2.45) is 0 Å². The molecule has 0 unspecified atom stereocenters. The van der Waals surface area contributed by atoms with Crippen LogP contribution in [0, 0.1) is 22.0 Å². The van der Waals surface area contributed by atoms with E-state index in [-0.39, 0.29) is 36.9 Å². The van der Waals surface area contributed by atoms with E-state index in [2.05, 4.69) is 21.6 Å². The van der Waals surface area contributed by atoms with E-state index in [0.29, 0.717) is 6.54 Å². The van der Waals surface area contributed by atoms with Gasteiger partial charge in [0.1, 0.15) is 31.3 Å². The van der Waals surface area contributed by atoms with Crippen LogP contribution in [0.5, 0.6) is 11.8 Å². The Labute approximate surface area is 181 Å². The zero-order valence-corrected chi connectivity index (χ0v) is 16.6.